The number of carbonyl (C=O) groups excluding carboxylic acids is 1. The number of aromatic nitrogens is 1. The molecule has 1 saturated heterocycles. The highest BCUT2D eigenvalue weighted by Gasteiger charge is 2.54. The highest BCUT2D eigenvalue weighted by Crippen LogP contribution is 2.54. The number of hydrogen-bond donors (Lipinski definition) is 1. The summed E-state index contributed by atoms with van der Waals surface area (Å²) in [5.41, 5.74) is 3.71. The topological polar surface area (TPSA) is 92.5 Å². The largest absolute Gasteiger partial charge is 0.371 e. The van der Waals surface area contributed by atoms with Crippen molar-refractivity contribution in [1.82, 2.24) is 9.88 Å². The summed E-state index contributed by atoms with van der Waals surface area (Å²) in [6.45, 7) is 1.85. The third-order valence-electron chi connectivity index (χ3n) is 7.42. The molecule has 0 spiro atoms. The maximum absolute atomic E-state index is 12.0. The summed E-state index contributed by atoms with van der Waals surface area (Å²) in [7, 11) is -3.59. The standard InChI is InChI=1S/C27H25Cl2N3O4S/c1-37(34,35)31-27(33)16-7-9-17(10-8-16)32-13-20-18(21(20)14-32)11-12-19-25(30-36-26(19)15-5-6-15)24-22(28)3-2-4-23(24)29/h2-4,7-12,15,18,20-21H,5-6,13-14H2,1H3,(H,31,33). The lowest BCUT2D eigenvalue weighted by atomic mass is 10.0. The van der Waals surface area contributed by atoms with Crippen molar-refractivity contribution in [1.29, 1.82) is 0 Å². The summed E-state index contributed by atoms with van der Waals surface area (Å²) in [5.74, 6) is 2.28. The van der Waals surface area contributed by atoms with E-state index in [2.05, 4.69) is 22.2 Å². The molecule has 0 radical (unpaired) electrons. The molecule has 2 aliphatic carbocycles. The van der Waals surface area contributed by atoms with Crippen LogP contribution in [0.15, 0.2) is 53.1 Å². The molecular formula is C27H25Cl2N3O4S. The molecule has 192 valence electrons. The summed E-state index contributed by atoms with van der Waals surface area (Å²) in [6.07, 6.45) is 7.58. The Morgan fingerprint density at radius 3 is 2.32 bits per heavy atom. The second-order valence-corrected chi connectivity index (χ2v) is 12.7. The molecule has 2 unspecified atom stereocenters. The molecule has 3 fully saturated rings. The van der Waals surface area contributed by atoms with Crippen LogP contribution in [0, 0.1) is 17.8 Å². The van der Waals surface area contributed by atoms with Crippen LogP contribution < -0.4 is 9.62 Å². The van der Waals surface area contributed by atoms with E-state index in [4.69, 9.17) is 27.7 Å². The van der Waals surface area contributed by atoms with Gasteiger partial charge in [-0.2, -0.15) is 0 Å². The smallest absolute Gasteiger partial charge is 0.264 e. The number of benzene rings is 2. The van der Waals surface area contributed by atoms with Gasteiger partial charge >= 0.3 is 0 Å². The minimum absolute atomic E-state index is 0.314. The number of sulfonamides is 1. The highest BCUT2D eigenvalue weighted by atomic mass is 35.5. The van der Waals surface area contributed by atoms with Crippen molar-refractivity contribution in [3.8, 4) is 11.3 Å². The molecule has 2 heterocycles. The first-order chi connectivity index (χ1) is 17.7. The fourth-order valence-electron chi connectivity index (χ4n) is 5.34. The molecule has 3 aliphatic rings. The third-order valence-corrected chi connectivity index (χ3v) is 8.61. The molecule has 1 aliphatic heterocycles. The van der Waals surface area contributed by atoms with Crippen LogP contribution >= 0.6 is 23.2 Å². The Bertz CT molecular complexity index is 1480. The zero-order valence-electron chi connectivity index (χ0n) is 20.0. The summed E-state index contributed by atoms with van der Waals surface area (Å²) in [6, 6.07) is 12.5. The van der Waals surface area contributed by atoms with Gasteiger partial charge in [0, 0.05) is 41.4 Å². The van der Waals surface area contributed by atoms with Crippen LogP contribution in [0.25, 0.3) is 17.3 Å². The Balaban J connectivity index is 1.15. The molecule has 6 rings (SSSR count). The molecule has 10 heteroatoms. The minimum atomic E-state index is -3.59. The van der Waals surface area contributed by atoms with Gasteiger partial charge in [-0.3, -0.25) is 4.79 Å². The number of nitrogens with one attached hydrogen (secondary N) is 1. The van der Waals surface area contributed by atoms with Gasteiger partial charge in [-0.15, -0.1) is 0 Å². The zero-order valence-corrected chi connectivity index (χ0v) is 22.4. The van der Waals surface area contributed by atoms with Gasteiger partial charge in [-0.25, -0.2) is 13.1 Å². The first-order valence-corrected chi connectivity index (χ1v) is 14.8. The van der Waals surface area contributed by atoms with Crippen molar-refractivity contribution < 1.29 is 17.7 Å². The van der Waals surface area contributed by atoms with E-state index in [1.54, 1.807) is 12.1 Å². The maximum atomic E-state index is 12.0. The average molecular weight is 558 g/mol. The molecule has 7 nitrogen and oxygen atoms in total. The Morgan fingerprint density at radius 2 is 1.73 bits per heavy atom. The average Bonchev–Trinajstić information content (AvgIpc) is 3.71. The lowest BCUT2D eigenvalue weighted by Crippen LogP contribution is -2.29. The number of amides is 1. The van der Waals surface area contributed by atoms with Crippen LogP contribution in [-0.4, -0.2) is 38.8 Å². The van der Waals surface area contributed by atoms with E-state index in [-0.39, 0.29) is 0 Å². The number of fused-ring (bicyclic) bond motifs is 1. The zero-order chi connectivity index (χ0) is 25.9. The second-order valence-electron chi connectivity index (χ2n) is 10.1. The Kier molecular flexibility index (Phi) is 6.09. The van der Waals surface area contributed by atoms with Crippen molar-refractivity contribution in [2.24, 2.45) is 17.8 Å². The fraction of sp³-hybridized carbons (Fsp3) is 0.333. The molecule has 1 N–H and O–H groups in total. The predicted octanol–water partition coefficient (Wildman–Crippen LogP) is 5.61. The number of piperidine rings is 1. The number of carbonyl (C=O) groups is 1. The van der Waals surface area contributed by atoms with Crippen LogP contribution in [-0.2, 0) is 10.0 Å². The Morgan fingerprint density at radius 1 is 1.08 bits per heavy atom. The van der Waals surface area contributed by atoms with Crippen molar-refractivity contribution in [3.05, 3.63) is 75.5 Å². The van der Waals surface area contributed by atoms with Gasteiger partial charge in [0.2, 0.25) is 10.0 Å². The number of halogens is 2. The van der Waals surface area contributed by atoms with Crippen molar-refractivity contribution in [3.63, 3.8) is 0 Å². The molecule has 2 saturated carbocycles. The number of hydrogen-bond acceptors (Lipinski definition) is 6. The number of nitrogens with zero attached hydrogens (tertiary/aromatic N) is 2. The van der Waals surface area contributed by atoms with E-state index in [1.165, 1.54) is 0 Å². The van der Waals surface area contributed by atoms with E-state index in [0.29, 0.717) is 50.5 Å². The minimum Gasteiger partial charge on any atom is -0.371 e. The fourth-order valence-corrected chi connectivity index (χ4v) is 6.37. The quantitative estimate of drug-likeness (QED) is 0.405. The lowest BCUT2D eigenvalue weighted by Gasteiger charge is -2.21. The van der Waals surface area contributed by atoms with Crippen molar-refractivity contribution >= 4 is 50.9 Å². The predicted molar refractivity (Wildman–Crippen MR) is 144 cm³/mol. The van der Waals surface area contributed by atoms with Gasteiger partial charge in [0.05, 0.1) is 16.3 Å². The second kappa shape index (κ2) is 9.19. The molecule has 0 bridgehead atoms. The monoisotopic (exact) mass is 557 g/mol. The van der Waals surface area contributed by atoms with E-state index in [0.717, 1.165) is 49.2 Å². The molecule has 1 aromatic heterocycles. The van der Waals surface area contributed by atoms with Crippen LogP contribution in [0.4, 0.5) is 5.69 Å². The van der Waals surface area contributed by atoms with Crippen LogP contribution in [0.1, 0.15) is 40.4 Å². The third kappa shape index (κ3) is 4.90. The molecule has 2 aromatic carbocycles. The lowest BCUT2D eigenvalue weighted by molar-refractivity contribution is 0.0981. The maximum Gasteiger partial charge on any atom is 0.264 e. The SMILES string of the molecule is CS(=O)(=O)NC(=O)c1ccc(N2CC3C(C=Cc4c(-c5c(Cl)cccc5Cl)noc4C4CC4)C3C2)cc1. The van der Waals surface area contributed by atoms with E-state index in [1.807, 2.05) is 35.1 Å². The summed E-state index contributed by atoms with van der Waals surface area (Å²) < 4.78 is 30.4. The number of rotatable bonds is 7. The summed E-state index contributed by atoms with van der Waals surface area (Å²) in [5, 5.41) is 5.47. The van der Waals surface area contributed by atoms with E-state index in [9.17, 15) is 13.2 Å². The van der Waals surface area contributed by atoms with Crippen molar-refractivity contribution in [2.45, 2.75) is 18.8 Å². The van der Waals surface area contributed by atoms with Crippen LogP contribution in [0.3, 0.4) is 0 Å². The van der Waals surface area contributed by atoms with Gasteiger partial charge < -0.3 is 9.42 Å². The molecule has 3 aromatic rings. The Hall–Kier alpha value is -2.81. The van der Waals surface area contributed by atoms with Gasteiger partial charge in [-0.05, 0) is 67.0 Å². The van der Waals surface area contributed by atoms with Crippen LogP contribution in [0.5, 0.6) is 0 Å². The Labute approximate surface area is 225 Å². The van der Waals surface area contributed by atoms with Gasteiger partial charge in [0.25, 0.3) is 5.91 Å². The first-order valence-electron chi connectivity index (χ1n) is 12.2. The summed E-state index contributed by atoms with van der Waals surface area (Å²) >= 11 is 13.0. The van der Waals surface area contributed by atoms with Gasteiger partial charge in [0.1, 0.15) is 11.5 Å². The van der Waals surface area contributed by atoms with E-state index < -0.39 is 15.9 Å². The highest BCUT2D eigenvalue weighted by molar-refractivity contribution is 7.89. The first kappa shape index (κ1) is 24.5. The molecule has 37 heavy (non-hydrogen) atoms. The van der Waals surface area contributed by atoms with Gasteiger partial charge in [-0.1, -0.05) is 46.6 Å². The normalized spacial score (nSPS) is 22.9. The number of anilines is 1. The van der Waals surface area contributed by atoms with Crippen molar-refractivity contribution in [2.75, 3.05) is 24.2 Å². The summed E-state index contributed by atoms with van der Waals surface area (Å²) in [4.78, 5) is 14.4. The van der Waals surface area contributed by atoms with Gasteiger partial charge in [0.15, 0.2) is 0 Å². The molecule has 2 atom stereocenters. The van der Waals surface area contributed by atoms with E-state index >= 15 is 0 Å². The van der Waals surface area contributed by atoms with Crippen LogP contribution in [0.2, 0.25) is 10.0 Å². The molecule has 1 amide bonds. The molecular weight excluding hydrogens is 533 g/mol. The number of allylic oxidation sites excluding steroid dienone is 1.